The van der Waals surface area contributed by atoms with E-state index in [4.69, 9.17) is 5.26 Å². The van der Waals surface area contributed by atoms with Gasteiger partial charge in [0.2, 0.25) is 0 Å². The SMILES string of the molecule is N#Cc1ccccc1Cn1ccnc1-c1ccc(F)c(F)c1. The molecule has 3 nitrogen and oxygen atoms in total. The van der Waals surface area contributed by atoms with Gasteiger partial charge in [0.25, 0.3) is 0 Å². The van der Waals surface area contributed by atoms with E-state index in [-0.39, 0.29) is 0 Å². The van der Waals surface area contributed by atoms with Crippen molar-refractivity contribution in [2.75, 3.05) is 0 Å². The predicted molar refractivity (Wildman–Crippen MR) is 77.8 cm³/mol. The van der Waals surface area contributed by atoms with E-state index >= 15 is 0 Å². The molecule has 0 aliphatic carbocycles. The molecular weight excluding hydrogens is 284 g/mol. The van der Waals surface area contributed by atoms with Gasteiger partial charge >= 0.3 is 0 Å². The van der Waals surface area contributed by atoms with Crippen molar-refractivity contribution in [1.82, 2.24) is 9.55 Å². The molecule has 3 rings (SSSR count). The summed E-state index contributed by atoms with van der Waals surface area (Å²) in [4.78, 5) is 4.20. The maximum Gasteiger partial charge on any atom is 0.159 e. The van der Waals surface area contributed by atoms with Crippen molar-refractivity contribution in [2.45, 2.75) is 6.54 Å². The minimum Gasteiger partial charge on any atom is -0.327 e. The van der Waals surface area contributed by atoms with E-state index in [1.165, 1.54) is 6.07 Å². The molecular formula is C17H11F2N3. The minimum absolute atomic E-state index is 0.429. The fourth-order valence-electron chi connectivity index (χ4n) is 2.28. The van der Waals surface area contributed by atoms with E-state index in [0.717, 1.165) is 17.7 Å². The van der Waals surface area contributed by atoms with Gasteiger partial charge in [0.1, 0.15) is 5.82 Å². The number of rotatable bonds is 3. The maximum atomic E-state index is 13.4. The van der Waals surface area contributed by atoms with Gasteiger partial charge in [-0.1, -0.05) is 18.2 Å². The lowest BCUT2D eigenvalue weighted by molar-refractivity contribution is 0.509. The second-order valence-electron chi connectivity index (χ2n) is 4.78. The van der Waals surface area contributed by atoms with Gasteiger partial charge in [-0.05, 0) is 29.8 Å². The number of halogens is 2. The molecule has 108 valence electrons. The number of hydrogen-bond acceptors (Lipinski definition) is 2. The Kier molecular flexibility index (Phi) is 3.67. The molecule has 0 aliphatic rings. The maximum absolute atomic E-state index is 13.4. The van der Waals surface area contributed by atoms with Gasteiger partial charge in [-0.3, -0.25) is 0 Å². The summed E-state index contributed by atoms with van der Waals surface area (Å²) in [6.45, 7) is 0.429. The Morgan fingerprint density at radius 2 is 1.91 bits per heavy atom. The third-order valence-electron chi connectivity index (χ3n) is 3.37. The topological polar surface area (TPSA) is 41.6 Å². The summed E-state index contributed by atoms with van der Waals surface area (Å²) in [6, 6.07) is 13.1. The molecule has 0 spiro atoms. The molecule has 0 amide bonds. The van der Waals surface area contributed by atoms with Crippen LogP contribution in [0.5, 0.6) is 0 Å². The lowest BCUT2D eigenvalue weighted by Crippen LogP contribution is -2.03. The molecule has 0 aliphatic heterocycles. The van der Waals surface area contributed by atoms with Crippen LogP contribution in [-0.4, -0.2) is 9.55 Å². The summed E-state index contributed by atoms with van der Waals surface area (Å²) in [7, 11) is 0. The van der Waals surface area contributed by atoms with Gasteiger partial charge < -0.3 is 4.57 Å². The Morgan fingerprint density at radius 1 is 1.09 bits per heavy atom. The first-order valence-electron chi connectivity index (χ1n) is 6.63. The molecule has 22 heavy (non-hydrogen) atoms. The van der Waals surface area contributed by atoms with Crippen LogP contribution in [0.3, 0.4) is 0 Å². The fraction of sp³-hybridized carbons (Fsp3) is 0.0588. The summed E-state index contributed by atoms with van der Waals surface area (Å²) >= 11 is 0. The fourth-order valence-corrected chi connectivity index (χ4v) is 2.28. The van der Waals surface area contributed by atoms with Crippen molar-refractivity contribution in [3.8, 4) is 17.5 Å². The molecule has 0 unspecified atom stereocenters. The standard InChI is InChI=1S/C17H11F2N3/c18-15-6-5-12(9-16(15)19)17-21-7-8-22(17)11-14-4-2-1-3-13(14)10-20/h1-9H,11H2. The van der Waals surface area contributed by atoms with Crippen molar-refractivity contribution in [1.29, 1.82) is 5.26 Å². The van der Waals surface area contributed by atoms with Crippen LogP contribution in [0.4, 0.5) is 8.78 Å². The van der Waals surface area contributed by atoms with Crippen molar-refractivity contribution >= 4 is 0 Å². The summed E-state index contributed by atoms with van der Waals surface area (Å²) in [5.41, 5.74) is 1.90. The summed E-state index contributed by atoms with van der Waals surface area (Å²) < 4.78 is 28.2. The highest BCUT2D eigenvalue weighted by Gasteiger charge is 2.11. The van der Waals surface area contributed by atoms with Crippen LogP contribution in [0.25, 0.3) is 11.4 Å². The van der Waals surface area contributed by atoms with E-state index in [0.29, 0.717) is 23.5 Å². The Balaban J connectivity index is 1.99. The Hall–Kier alpha value is -3.00. The first-order valence-corrected chi connectivity index (χ1v) is 6.63. The van der Waals surface area contributed by atoms with Gasteiger partial charge in [0.05, 0.1) is 18.2 Å². The van der Waals surface area contributed by atoms with Gasteiger partial charge in [-0.2, -0.15) is 5.26 Å². The first-order chi connectivity index (χ1) is 10.7. The van der Waals surface area contributed by atoms with Gasteiger partial charge in [-0.15, -0.1) is 0 Å². The Morgan fingerprint density at radius 3 is 2.68 bits per heavy atom. The van der Waals surface area contributed by atoms with Crippen LogP contribution in [-0.2, 0) is 6.54 Å². The van der Waals surface area contributed by atoms with Crippen molar-refractivity contribution in [3.63, 3.8) is 0 Å². The molecule has 0 atom stereocenters. The molecule has 5 heteroatoms. The second-order valence-corrected chi connectivity index (χ2v) is 4.78. The van der Waals surface area contributed by atoms with Gasteiger partial charge in [-0.25, -0.2) is 13.8 Å². The molecule has 3 aromatic rings. The van der Waals surface area contributed by atoms with Crippen LogP contribution in [0.15, 0.2) is 54.9 Å². The van der Waals surface area contributed by atoms with Crippen LogP contribution in [0.1, 0.15) is 11.1 Å². The van der Waals surface area contributed by atoms with E-state index < -0.39 is 11.6 Å². The smallest absolute Gasteiger partial charge is 0.159 e. The van der Waals surface area contributed by atoms with E-state index in [2.05, 4.69) is 11.1 Å². The lowest BCUT2D eigenvalue weighted by atomic mass is 10.1. The van der Waals surface area contributed by atoms with E-state index in [1.54, 1.807) is 29.1 Å². The zero-order chi connectivity index (χ0) is 15.5. The highest BCUT2D eigenvalue weighted by Crippen LogP contribution is 2.21. The van der Waals surface area contributed by atoms with Gasteiger partial charge in [0.15, 0.2) is 11.6 Å². The van der Waals surface area contributed by atoms with Crippen molar-refractivity contribution < 1.29 is 8.78 Å². The normalized spacial score (nSPS) is 10.4. The average Bonchev–Trinajstić information content (AvgIpc) is 2.99. The molecule has 1 heterocycles. The van der Waals surface area contributed by atoms with E-state index in [9.17, 15) is 8.78 Å². The van der Waals surface area contributed by atoms with Crippen LogP contribution >= 0.6 is 0 Å². The average molecular weight is 295 g/mol. The first kappa shape index (κ1) is 14.0. The molecule has 0 radical (unpaired) electrons. The molecule has 0 N–H and O–H groups in total. The van der Waals surface area contributed by atoms with E-state index in [1.807, 2.05) is 12.1 Å². The third-order valence-corrected chi connectivity index (χ3v) is 3.37. The van der Waals surface area contributed by atoms with Crippen LogP contribution in [0, 0.1) is 23.0 Å². The number of hydrogen-bond donors (Lipinski definition) is 0. The minimum atomic E-state index is -0.913. The molecule has 0 saturated heterocycles. The number of aromatic nitrogens is 2. The molecule has 2 aromatic carbocycles. The van der Waals surface area contributed by atoms with Crippen LogP contribution in [0.2, 0.25) is 0 Å². The van der Waals surface area contributed by atoms with Crippen molar-refractivity contribution in [3.05, 3.63) is 77.6 Å². The molecule has 0 bridgehead atoms. The van der Waals surface area contributed by atoms with Gasteiger partial charge in [0, 0.05) is 18.0 Å². The quantitative estimate of drug-likeness (QED) is 0.738. The third kappa shape index (κ3) is 2.59. The zero-order valence-electron chi connectivity index (χ0n) is 11.5. The molecule has 0 saturated carbocycles. The number of nitriles is 1. The largest absolute Gasteiger partial charge is 0.327 e. The lowest BCUT2D eigenvalue weighted by Gasteiger charge is -2.09. The number of benzene rings is 2. The Labute approximate surface area is 126 Å². The highest BCUT2D eigenvalue weighted by molar-refractivity contribution is 5.56. The Bertz CT molecular complexity index is 862. The molecule has 1 aromatic heterocycles. The molecule has 0 fully saturated rings. The second kappa shape index (κ2) is 5.78. The zero-order valence-corrected chi connectivity index (χ0v) is 11.5. The summed E-state index contributed by atoms with van der Waals surface area (Å²) in [6.07, 6.45) is 3.33. The monoisotopic (exact) mass is 295 g/mol. The summed E-state index contributed by atoms with van der Waals surface area (Å²) in [5.74, 6) is -1.28. The number of nitrogens with zero attached hydrogens (tertiary/aromatic N) is 3. The predicted octanol–water partition coefficient (Wildman–Crippen LogP) is 3.75. The summed E-state index contributed by atoms with van der Waals surface area (Å²) in [5, 5.41) is 9.13. The van der Waals surface area contributed by atoms with Crippen molar-refractivity contribution in [2.24, 2.45) is 0 Å². The highest BCUT2D eigenvalue weighted by atomic mass is 19.2. The van der Waals surface area contributed by atoms with Crippen LogP contribution < -0.4 is 0 Å². The number of imidazole rings is 1.